The molecule has 0 spiro atoms. The molecule has 0 saturated carbocycles. The second-order valence-electron chi connectivity index (χ2n) is 9.06. The van der Waals surface area contributed by atoms with Crippen molar-refractivity contribution in [3.63, 3.8) is 0 Å². The van der Waals surface area contributed by atoms with Gasteiger partial charge in [0.2, 0.25) is 0 Å². The van der Waals surface area contributed by atoms with Gasteiger partial charge in [0.05, 0.1) is 17.0 Å². The highest BCUT2D eigenvalue weighted by Gasteiger charge is 2.25. The van der Waals surface area contributed by atoms with Gasteiger partial charge >= 0.3 is 0 Å². The Balaban J connectivity index is 0.00000127. The first-order chi connectivity index (χ1) is 17.8. The summed E-state index contributed by atoms with van der Waals surface area (Å²) in [6.07, 6.45) is 21.9. The molecule has 4 unspecified atom stereocenters. The van der Waals surface area contributed by atoms with Crippen molar-refractivity contribution < 1.29 is 9.18 Å². The number of likely N-dealkylation sites (N-methyl/N-ethyl adjacent to an activating group) is 1. The van der Waals surface area contributed by atoms with Crippen LogP contribution in [0.4, 0.5) is 4.39 Å². The van der Waals surface area contributed by atoms with E-state index in [4.69, 9.17) is 5.73 Å². The summed E-state index contributed by atoms with van der Waals surface area (Å²) >= 11 is 1.57. The minimum absolute atomic E-state index is 0.0900. The number of piperazine rings is 1. The molecule has 0 aromatic carbocycles. The summed E-state index contributed by atoms with van der Waals surface area (Å²) in [4.78, 5) is 17.7. The molecule has 0 amide bonds. The molecule has 37 heavy (non-hydrogen) atoms. The fraction of sp³-hybridized carbons (Fsp3) is 0.552. The van der Waals surface area contributed by atoms with Crippen molar-refractivity contribution in [3.05, 3.63) is 59.0 Å². The molecule has 1 heterocycles. The average molecular weight is 549 g/mol. The molecule has 0 radical (unpaired) electrons. The Morgan fingerprint density at radius 1 is 1.24 bits per heavy atom. The number of nitrogens with one attached hydrogen (secondary N) is 1. The summed E-state index contributed by atoms with van der Waals surface area (Å²) in [6, 6.07) is 0.595. The van der Waals surface area contributed by atoms with Gasteiger partial charge in [-0.2, -0.15) is 0 Å². The van der Waals surface area contributed by atoms with Gasteiger partial charge in [-0.1, -0.05) is 39.0 Å². The number of nitrogens with two attached hydrogens (primary N) is 1. The monoisotopic (exact) mass is 548 g/mol. The Kier molecular flexibility index (Phi) is 16.5. The van der Waals surface area contributed by atoms with Crippen LogP contribution in [0.15, 0.2) is 59.0 Å². The van der Waals surface area contributed by atoms with Crippen molar-refractivity contribution in [2.24, 2.45) is 11.7 Å². The van der Waals surface area contributed by atoms with Crippen LogP contribution in [-0.4, -0.2) is 65.5 Å². The first kappa shape index (κ1) is 33.2. The summed E-state index contributed by atoms with van der Waals surface area (Å²) in [5, 5.41) is 4.58. The van der Waals surface area contributed by atoms with Gasteiger partial charge in [-0.25, -0.2) is 4.39 Å². The summed E-state index contributed by atoms with van der Waals surface area (Å²) in [7, 11) is 2.55. The molecule has 1 saturated heterocycles. The first-order valence-electron chi connectivity index (χ1n) is 13.2. The van der Waals surface area contributed by atoms with Crippen LogP contribution < -0.4 is 11.1 Å². The number of terminal acetylenes is 1. The number of ketones is 1. The highest BCUT2D eigenvalue weighted by atomic mass is 32.2. The zero-order valence-electron chi connectivity index (χ0n) is 23.0. The number of thioether (sulfide) groups is 1. The van der Waals surface area contributed by atoms with Gasteiger partial charge < -0.3 is 16.0 Å². The quantitative estimate of drug-likeness (QED) is 0.234. The zero-order chi connectivity index (χ0) is 27.8. The van der Waals surface area contributed by atoms with E-state index in [1.807, 2.05) is 6.92 Å². The number of hydrogen-bond donors (Lipinski definition) is 2. The Morgan fingerprint density at radius 3 is 2.51 bits per heavy atom. The molecule has 0 aromatic rings. The SMILES string of the molecule is C#C.CCC(NC1=CC=C(N2CCN(CC)C(C)C2)CC1)SCC(=O)C1C=C(P)C=CC=C1F.CCN. The number of halogens is 1. The predicted octanol–water partition coefficient (Wildman–Crippen LogP) is 5.21. The second-order valence-corrected chi connectivity index (χ2v) is 10.9. The molecule has 4 atom stereocenters. The number of Topliss-reactive ketones (excluding diaryl/α,β-unsaturated/α-hetero) is 1. The van der Waals surface area contributed by atoms with E-state index < -0.39 is 5.92 Å². The zero-order valence-corrected chi connectivity index (χ0v) is 24.9. The van der Waals surface area contributed by atoms with E-state index in [0.717, 1.165) is 57.3 Å². The van der Waals surface area contributed by atoms with Crippen LogP contribution in [0.5, 0.6) is 0 Å². The number of carbonyl (C=O) groups excluding carboxylic acids is 1. The number of hydrogen-bond acceptors (Lipinski definition) is 6. The highest BCUT2D eigenvalue weighted by Crippen LogP contribution is 2.27. The predicted molar refractivity (Wildman–Crippen MR) is 163 cm³/mol. The molecule has 0 bridgehead atoms. The van der Waals surface area contributed by atoms with Crippen molar-refractivity contribution in [3.8, 4) is 12.8 Å². The van der Waals surface area contributed by atoms with Crippen molar-refractivity contribution in [2.75, 3.05) is 38.5 Å². The third kappa shape index (κ3) is 11.2. The van der Waals surface area contributed by atoms with E-state index in [9.17, 15) is 9.18 Å². The van der Waals surface area contributed by atoms with Gasteiger partial charge in [0.25, 0.3) is 0 Å². The lowest BCUT2D eigenvalue weighted by Crippen LogP contribution is -2.51. The van der Waals surface area contributed by atoms with Gasteiger partial charge in [-0.3, -0.25) is 9.69 Å². The number of allylic oxidation sites excluding steroid dienone is 10. The number of rotatable bonds is 9. The van der Waals surface area contributed by atoms with Crippen LogP contribution in [0.1, 0.15) is 47.0 Å². The summed E-state index contributed by atoms with van der Waals surface area (Å²) in [5.41, 5.74) is 7.50. The van der Waals surface area contributed by atoms with Crippen LogP contribution >= 0.6 is 21.0 Å². The molecule has 3 aliphatic rings. The molecule has 1 fully saturated rings. The first-order valence-corrected chi connectivity index (χ1v) is 14.8. The highest BCUT2D eigenvalue weighted by molar-refractivity contribution is 8.00. The maximum atomic E-state index is 14.3. The van der Waals surface area contributed by atoms with Crippen LogP contribution in [0.2, 0.25) is 0 Å². The molecule has 5 nitrogen and oxygen atoms in total. The van der Waals surface area contributed by atoms with Gasteiger partial charge in [-0.05, 0) is 62.8 Å². The standard InChI is InChI=1S/C25H37FN3OPS.C2H7N.C2H2/c1-4-25(32-17-24(30)22-15-21(31)7-6-8-23(22)26)27-19-9-11-20(12-10-19)29-14-13-28(5-2)18(3)16-29;1-2-3;1-2/h6-9,11,15,18,22,25,27H,4-5,10,12-14,16-17,31H2,1-3H3;2-3H2,1H3;1-2H. The van der Waals surface area contributed by atoms with E-state index in [1.54, 1.807) is 30.0 Å². The van der Waals surface area contributed by atoms with Crippen molar-refractivity contribution in [1.82, 2.24) is 15.1 Å². The molecular formula is C29H46FN4OPS. The molecule has 0 aromatic heterocycles. The summed E-state index contributed by atoms with van der Waals surface area (Å²) in [5.74, 6) is -0.961. The van der Waals surface area contributed by atoms with Crippen molar-refractivity contribution in [2.45, 2.75) is 58.4 Å². The smallest absolute Gasteiger partial charge is 0.156 e. The van der Waals surface area contributed by atoms with Crippen LogP contribution in [-0.2, 0) is 4.79 Å². The Morgan fingerprint density at radius 2 is 1.95 bits per heavy atom. The average Bonchev–Trinajstić information content (AvgIpc) is 3.08. The van der Waals surface area contributed by atoms with E-state index in [-0.39, 0.29) is 17.0 Å². The molecule has 3 N–H and O–H groups in total. The molecule has 3 rings (SSSR count). The lowest BCUT2D eigenvalue weighted by atomic mass is 10.0. The minimum atomic E-state index is -0.780. The minimum Gasteiger partial charge on any atom is -0.377 e. The van der Waals surface area contributed by atoms with Crippen molar-refractivity contribution in [1.29, 1.82) is 0 Å². The number of nitrogens with zero attached hydrogens (tertiary/aromatic N) is 2. The molecule has 2 aliphatic carbocycles. The molecular weight excluding hydrogens is 502 g/mol. The van der Waals surface area contributed by atoms with E-state index in [2.05, 4.69) is 70.1 Å². The second kappa shape index (κ2) is 18.4. The van der Waals surface area contributed by atoms with Crippen LogP contribution in [0.3, 0.4) is 0 Å². The molecule has 206 valence electrons. The van der Waals surface area contributed by atoms with Gasteiger partial charge in [-0.15, -0.1) is 33.8 Å². The Labute approximate surface area is 231 Å². The third-order valence-electron chi connectivity index (χ3n) is 6.40. The van der Waals surface area contributed by atoms with Gasteiger partial charge in [0.1, 0.15) is 5.83 Å². The fourth-order valence-corrected chi connectivity index (χ4v) is 5.72. The fourth-order valence-electron chi connectivity index (χ4n) is 4.41. The van der Waals surface area contributed by atoms with E-state index in [0.29, 0.717) is 11.8 Å². The van der Waals surface area contributed by atoms with Gasteiger partial charge in [0, 0.05) is 37.1 Å². The normalized spacial score (nSPS) is 22.5. The van der Waals surface area contributed by atoms with E-state index >= 15 is 0 Å². The Hall–Kier alpha value is -1.84. The molecule has 8 heteroatoms. The third-order valence-corrected chi connectivity index (χ3v) is 8.09. The van der Waals surface area contributed by atoms with E-state index in [1.165, 1.54) is 17.5 Å². The van der Waals surface area contributed by atoms with Gasteiger partial charge in [0.15, 0.2) is 5.78 Å². The van der Waals surface area contributed by atoms with Crippen molar-refractivity contribution >= 4 is 26.8 Å². The maximum Gasteiger partial charge on any atom is 0.156 e. The summed E-state index contributed by atoms with van der Waals surface area (Å²) in [6.45, 7) is 13.8. The van der Waals surface area contributed by atoms with Crippen LogP contribution in [0, 0.1) is 18.8 Å². The lowest BCUT2D eigenvalue weighted by Gasteiger charge is -2.42. The van der Waals surface area contributed by atoms with Crippen LogP contribution in [0.25, 0.3) is 0 Å². The number of carbonyl (C=O) groups is 1. The lowest BCUT2D eigenvalue weighted by molar-refractivity contribution is -0.118. The maximum absolute atomic E-state index is 14.3. The topological polar surface area (TPSA) is 61.6 Å². The Bertz CT molecular complexity index is 896. The summed E-state index contributed by atoms with van der Waals surface area (Å²) < 4.78 is 14.3. The largest absolute Gasteiger partial charge is 0.377 e. The molecule has 1 aliphatic heterocycles.